The number of thiazole rings is 1. The van der Waals surface area contributed by atoms with Gasteiger partial charge in [0.2, 0.25) is 0 Å². The minimum atomic E-state index is -4.74. The first-order chi connectivity index (χ1) is 12.6. The Morgan fingerprint density at radius 1 is 1.07 bits per heavy atom. The molecule has 8 heteroatoms. The lowest BCUT2D eigenvalue weighted by Gasteiger charge is -2.12. The number of carbonyl (C=O) groups is 1. The van der Waals surface area contributed by atoms with Crippen LogP contribution in [0.3, 0.4) is 0 Å². The van der Waals surface area contributed by atoms with Gasteiger partial charge >= 0.3 is 6.18 Å². The molecular formula is C19H14F4N2OS. The summed E-state index contributed by atoms with van der Waals surface area (Å²) in [5.74, 6) is -1.46. The first kappa shape index (κ1) is 19.0. The molecule has 3 aromatic rings. The number of benzene rings is 2. The van der Waals surface area contributed by atoms with Gasteiger partial charge in [-0.2, -0.15) is 13.2 Å². The molecule has 1 amide bonds. The molecule has 0 spiro atoms. The van der Waals surface area contributed by atoms with Gasteiger partial charge in [-0.3, -0.25) is 4.79 Å². The van der Waals surface area contributed by atoms with E-state index in [0.29, 0.717) is 22.5 Å². The number of hydrogen-bond acceptors (Lipinski definition) is 3. The number of aromatic nitrogens is 1. The molecule has 2 aromatic carbocycles. The predicted octanol–water partition coefficient (Wildman–Crippen LogP) is 5.84. The summed E-state index contributed by atoms with van der Waals surface area (Å²) in [5.41, 5.74) is 0.992. The maximum absolute atomic E-state index is 13.7. The van der Waals surface area contributed by atoms with Crippen LogP contribution >= 0.6 is 11.3 Å². The number of halogens is 4. The van der Waals surface area contributed by atoms with Gasteiger partial charge in [-0.25, -0.2) is 9.37 Å². The molecule has 3 rings (SSSR count). The zero-order chi connectivity index (χ0) is 19.8. The molecule has 0 aliphatic carbocycles. The first-order valence-corrected chi connectivity index (χ1v) is 8.69. The minimum absolute atomic E-state index is 0.130. The molecule has 0 unspecified atom stereocenters. The molecule has 0 saturated heterocycles. The maximum Gasteiger partial charge on any atom is 0.435 e. The lowest BCUT2D eigenvalue weighted by Crippen LogP contribution is -2.17. The Kier molecular flexibility index (Phi) is 5.01. The standard InChI is InChI=1S/C19H14F4N2OS/c1-10-3-5-12(6-4-10)14-9-13(20)7-8-15(14)25-18(26)16-17(19(21,22)23)24-11(2)27-16/h3-9H,1-2H3,(H,25,26). The quantitative estimate of drug-likeness (QED) is 0.567. The minimum Gasteiger partial charge on any atom is -0.321 e. The molecule has 1 heterocycles. The van der Waals surface area contributed by atoms with Gasteiger partial charge in [0.15, 0.2) is 5.69 Å². The zero-order valence-corrected chi connectivity index (χ0v) is 15.1. The number of anilines is 1. The summed E-state index contributed by atoms with van der Waals surface area (Å²) in [6, 6.07) is 10.8. The molecule has 0 aliphatic heterocycles. The van der Waals surface area contributed by atoms with E-state index in [-0.39, 0.29) is 10.7 Å². The molecule has 3 nitrogen and oxygen atoms in total. The van der Waals surface area contributed by atoms with Gasteiger partial charge in [-0.1, -0.05) is 29.8 Å². The molecule has 27 heavy (non-hydrogen) atoms. The molecule has 140 valence electrons. The summed E-state index contributed by atoms with van der Waals surface area (Å²) < 4.78 is 53.1. The largest absolute Gasteiger partial charge is 0.435 e. The van der Waals surface area contributed by atoms with Crippen LogP contribution in [0.2, 0.25) is 0 Å². The van der Waals surface area contributed by atoms with Crippen molar-refractivity contribution in [3.05, 3.63) is 69.4 Å². The second-order valence-corrected chi connectivity index (χ2v) is 7.12. The van der Waals surface area contributed by atoms with Crippen molar-refractivity contribution in [3.63, 3.8) is 0 Å². The average molecular weight is 394 g/mol. The summed E-state index contributed by atoms with van der Waals surface area (Å²) in [4.78, 5) is 15.4. The van der Waals surface area contributed by atoms with Crippen LogP contribution in [0, 0.1) is 19.7 Å². The van der Waals surface area contributed by atoms with Crippen molar-refractivity contribution in [1.29, 1.82) is 0 Å². The van der Waals surface area contributed by atoms with E-state index in [1.807, 2.05) is 19.1 Å². The molecule has 0 fully saturated rings. The highest BCUT2D eigenvalue weighted by Crippen LogP contribution is 2.35. The number of rotatable bonds is 3. The van der Waals surface area contributed by atoms with E-state index in [4.69, 9.17) is 0 Å². The summed E-state index contributed by atoms with van der Waals surface area (Å²) in [6.45, 7) is 3.29. The summed E-state index contributed by atoms with van der Waals surface area (Å²) in [6.07, 6.45) is -4.74. The van der Waals surface area contributed by atoms with Crippen LogP contribution < -0.4 is 5.32 Å². The van der Waals surface area contributed by atoms with Gasteiger partial charge in [0.25, 0.3) is 5.91 Å². The molecular weight excluding hydrogens is 380 g/mol. The van der Waals surface area contributed by atoms with Crippen LogP contribution in [0.15, 0.2) is 42.5 Å². The van der Waals surface area contributed by atoms with Crippen LogP contribution in [0.1, 0.15) is 25.9 Å². The maximum atomic E-state index is 13.7. The van der Waals surface area contributed by atoms with Crippen LogP contribution in [0.5, 0.6) is 0 Å². The Bertz CT molecular complexity index is 994. The highest BCUT2D eigenvalue weighted by molar-refractivity contribution is 7.13. The van der Waals surface area contributed by atoms with Crippen molar-refractivity contribution in [2.75, 3.05) is 5.32 Å². The van der Waals surface area contributed by atoms with Crippen LogP contribution in [0.4, 0.5) is 23.2 Å². The number of hydrogen-bond donors (Lipinski definition) is 1. The fourth-order valence-electron chi connectivity index (χ4n) is 2.55. The third-order valence-corrected chi connectivity index (χ3v) is 4.77. The summed E-state index contributed by atoms with van der Waals surface area (Å²) in [5, 5.41) is 2.59. The number of amides is 1. The van der Waals surface area contributed by atoms with E-state index < -0.39 is 28.5 Å². The Morgan fingerprint density at radius 2 is 1.74 bits per heavy atom. The highest BCUT2D eigenvalue weighted by atomic mass is 32.1. The Hall–Kier alpha value is -2.74. The van der Waals surface area contributed by atoms with Crippen molar-refractivity contribution < 1.29 is 22.4 Å². The predicted molar refractivity (Wildman–Crippen MR) is 96.4 cm³/mol. The first-order valence-electron chi connectivity index (χ1n) is 7.87. The van der Waals surface area contributed by atoms with E-state index in [0.717, 1.165) is 11.6 Å². The second kappa shape index (κ2) is 7.11. The SMILES string of the molecule is Cc1ccc(-c2cc(F)ccc2NC(=O)c2sc(C)nc2C(F)(F)F)cc1. The van der Waals surface area contributed by atoms with E-state index in [1.165, 1.54) is 19.1 Å². The molecule has 0 saturated carbocycles. The third-order valence-electron chi connectivity index (χ3n) is 3.80. The number of nitrogens with one attached hydrogen (secondary N) is 1. The van der Waals surface area contributed by atoms with Gasteiger partial charge in [0.05, 0.1) is 5.01 Å². The summed E-state index contributed by atoms with van der Waals surface area (Å²) in [7, 11) is 0. The van der Waals surface area contributed by atoms with Gasteiger partial charge < -0.3 is 5.32 Å². The molecule has 0 radical (unpaired) electrons. The van der Waals surface area contributed by atoms with Crippen molar-refractivity contribution in [3.8, 4) is 11.1 Å². The molecule has 0 atom stereocenters. The fraction of sp³-hybridized carbons (Fsp3) is 0.158. The van der Waals surface area contributed by atoms with Gasteiger partial charge in [0, 0.05) is 11.3 Å². The smallest absolute Gasteiger partial charge is 0.321 e. The van der Waals surface area contributed by atoms with Gasteiger partial charge in [-0.15, -0.1) is 11.3 Å². The topological polar surface area (TPSA) is 42.0 Å². The van der Waals surface area contributed by atoms with E-state index in [9.17, 15) is 22.4 Å². The number of alkyl halides is 3. The lowest BCUT2D eigenvalue weighted by molar-refractivity contribution is -0.141. The third kappa shape index (κ3) is 4.16. The molecule has 0 aliphatic rings. The van der Waals surface area contributed by atoms with Crippen molar-refractivity contribution in [2.24, 2.45) is 0 Å². The highest BCUT2D eigenvalue weighted by Gasteiger charge is 2.39. The second-order valence-electron chi connectivity index (χ2n) is 5.92. The Balaban J connectivity index is 2.00. The van der Waals surface area contributed by atoms with Gasteiger partial charge in [-0.05, 0) is 37.6 Å². The van der Waals surface area contributed by atoms with Crippen LogP contribution in [-0.2, 0) is 6.18 Å². The zero-order valence-electron chi connectivity index (χ0n) is 14.3. The van der Waals surface area contributed by atoms with Crippen molar-refractivity contribution >= 4 is 22.9 Å². The van der Waals surface area contributed by atoms with E-state index in [2.05, 4.69) is 10.3 Å². The molecule has 0 bridgehead atoms. The average Bonchev–Trinajstić information content (AvgIpc) is 3.00. The Morgan fingerprint density at radius 3 is 2.37 bits per heavy atom. The van der Waals surface area contributed by atoms with Crippen LogP contribution in [-0.4, -0.2) is 10.9 Å². The van der Waals surface area contributed by atoms with Crippen molar-refractivity contribution in [1.82, 2.24) is 4.98 Å². The summed E-state index contributed by atoms with van der Waals surface area (Å²) >= 11 is 0.658. The number of carbonyl (C=O) groups excluding carboxylic acids is 1. The Labute approximate surface area is 156 Å². The number of aryl methyl sites for hydroxylation is 2. The van der Waals surface area contributed by atoms with Gasteiger partial charge in [0.1, 0.15) is 10.7 Å². The lowest BCUT2D eigenvalue weighted by atomic mass is 10.0. The van der Waals surface area contributed by atoms with Crippen LogP contribution in [0.25, 0.3) is 11.1 Å². The molecule has 1 N–H and O–H groups in total. The normalized spacial score (nSPS) is 11.5. The number of nitrogens with zero attached hydrogens (tertiary/aromatic N) is 1. The monoisotopic (exact) mass is 394 g/mol. The van der Waals surface area contributed by atoms with E-state index >= 15 is 0 Å². The van der Waals surface area contributed by atoms with E-state index in [1.54, 1.807) is 12.1 Å². The molecule has 1 aromatic heterocycles. The van der Waals surface area contributed by atoms with Crippen molar-refractivity contribution in [2.45, 2.75) is 20.0 Å². The fourth-order valence-corrected chi connectivity index (χ4v) is 3.38.